The van der Waals surface area contributed by atoms with E-state index in [0.29, 0.717) is 24.8 Å². The summed E-state index contributed by atoms with van der Waals surface area (Å²) in [5.41, 5.74) is -4.14. The highest BCUT2D eigenvalue weighted by molar-refractivity contribution is 5.40. The molecule has 1 N–H and O–H groups in total. The molecule has 7 nitrogen and oxygen atoms in total. The monoisotopic (exact) mass is 609 g/mol. The molecule has 2 aromatic heterocycles. The average Bonchev–Trinajstić information content (AvgIpc) is 3.57. The zero-order valence-corrected chi connectivity index (χ0v) is 22.6. The van der Waals surface area contributed by atoms with Crippen LogP contribution in [0.5, 0.6) is 0 Å². The lowest BCUT2D eigenvalue weighted by Gasteiger charge is -2.27. The van der Waals surface area contributed by atoms with Crippen molar-refractivity contribution >= 4 is 5.95 Å². The number of hydrogen-bond acceptors (Lipinski definition) is 6. The molecule has 1 fully saturated rings. The maximum absolute atomic E-state index is 13.7. The minimum absolute atomic E-state index is 0.00375. The number of tetrazole rings is 1. The van der Waals surface area contributed by atoms with E-state index in [0.717, 1.165) is 36.5 Å². The molecule has 0 saturated heterocycles. The number of aryl methyl sites for hydroxylation is 1. The maximum atomic E-state index is 13.7. The van der Waals surface area contributed by atoms with Crippen LogP contribution >= 0.6 is 0 Å². The summed E-state index contributed by atoms with van der Waals surface area (Å²) < 4.78 is 122. The molecule has 1 atom stereocenters. The van der Waals surface area contributed by atoms with E-state index in [-0.39, 0.29) is 29.3 Å². The molecule has 1 aliphatic rings. The summed E-state index contributed by atoms with van der Waals surface area (Å²) in [6, 6.07) is 1.69. The summed E-state index contributed by atoms with van der Waals surface area (Å²) in [5, 5.41) is 15.0. The molecule has 1 unspecified atom stereocenters. The molecule has 3 aromatic rings. The predicted molar refractivity (Wildman–Crippen MR) is 133 cm³/mol. The number of hydrogen-bond donors (Lipinski definition) is 1. The Bertz CT molecular complexity index is 1330. The van der Waals surface area contributed by atoms with Crippen molar-refractivity contribution in [3.8, 4) is 0 Å². The molecule has 4 rings (SSSR count). The molecule has 2 heterocycles. The van der Waals surface area contributed by atoms with Crippen LogP contribution in [0.25, 0.3) is 0 Å². The lowest BCUT2D eigenvalue weighted by molar-refractivity contribution is -0.143. The van der Waals surface area contributed by atoms with Crippen molar-refractivity contribution in [3.05, 3.63) is 64.0 Å². The topological polar surface area (TPSA) is 71.8 Å². The van der Waals surface area contributed by atoms with Crippen LogP contribution in [0.4, 0.5) is 45.5 Å². The Morgan fingerprint density at radius 1 is 0.881 bits per heavy atom. The van der Waals surface area contributed by atoms with Gasteiger partial charge in [-0.15, -0.1) is 5.10 Å². The van der Waals surface area contributed by atoms with E-state index in [2.05, 4.69) is 25.7 Å². The van der Waals surface area contributed by atoms with Crippen LogP contribution in [-0.2, 0) is 38.7 Å². The van der Waals surface area contributed by atoms with Crippen molar-refractivity contribution in [1.29, 1.82) is 0 Å². The van der Waals surface area contributed by atoms with Crippen LogP contribution in [-0.4, -0.2) is 31.2 Å². The van der Waals surface area contributed by atoms with Crippen molar-refractivity contribution in [1.82, 2.24) is 30.5 Å². The number of aromatic nitrogens is 5. The number of pyridine rings is 1. The minimum Gasteiger partial charge on any atom is -0.329 e. The van der Waals surface area contributed by atoms with E-state index in [1.807, 2.05) is 6.92 Å². The van der Waals surface area contributed by atoms with Crippen molar-refractivity contribution in [3.63, 3.8) is 0 Å². The smallest absolute Gasteiger partial charge is 0.329 e. The summed E-state index contributed by atoms with van der Waals surface area (Å²) in [4.78, 5) is 6.33. The normalized spacial score (nSPS) is 15.8. The molecule has 16 heteroatoms. The van der Waals surface area contributed by atoms with E-state index in [1.165, 1.54) is 11.9 Å². The fraction of sp³-hybridized carbons (Fsp3) is 0.538. The Morgan fingerprint density at radius 3 is 1.98 bits per heavy atom. The molecule has 0 amide bonds. The van der Waals surface area contributed by atoms with Gasteiger partial charge in [-0.1, -0.05) is 24.9 Å². The van der Waals surface area contributed by atoms with Gasteiger partial charge in [-0.2, -0.15) is 44.3 Å². The van der Waals surface area contributed by atoms with Gasteiger partial charge in [0.15, 0.2) is 0 Å². The fourth-order valence-corrected chi connectivity index (χ4v) is 5.02. The molecule has 0 radical (unpaired) electrons. The largest absolute Gasteiger partial charge is 0.417 e. The van der Waals surface area contributed by atoms with Gasteiger partial charge in [0.05, 0.1) is 29.4 Å². The third kappa shape index (κ3) is 7.69. The molecule has 0 aliphatic heterocycles. The van der Waals surface area contributed by atoms with Crippen molar-refractivity contribution in [2.24, 2.45) is 7.05 Å². The lowest BCUT2D eigenvalue weighted by Crippen LogP contribution is -2.33. The molecule has 42 heavy (non-hydrogen) atoms. The van der Waals surface area contributed by atoms with Crippen LogP contribution in [0.3, 0.4) is 0 Å². The van der Waals surface area contributed by atoms with Crippen molar-refractivity contribution < 1.29 is 39.5 Å². The summed E-state index contributed by atoms with van der Waals surface area (Å²) in [6.45, 7) is 0.832. The van der Waals surface area contributed by atoms with E-state index < -0.39 is 59.9 Å². The van der Waals surface area contributed by atoms with Crippen molar-refractivity contribution in [2.45, 2.75) is 82.7 Å². The van der Waals surface area contributed by atoms with Gasteiger partial charge in [0.25, 0.3) is 5.95 Å². The highest BCUT2D eigenvalue weighted by Gasteiger charge is 2.37. The number of nitrogens with one attached hydrogen (secondary N) is 1. The zero-order valence-electron chi connectivity index (χ0n) is 22.6. The summed E-state index contributed by atoms with van der Waals surface area (Å²) >= 11 is 0. The van der Waals surface area contributed by atoms with Crippen LogP contribution in [0.15, 0.2) is 30.5 Å². The van der Waals surface area contributed by atoms with E-state index in [4.69, 9.17) is 0 Å². The number of anilines is 1. The SMILES string of the molecule is CCC(NC1CCCC1)c1ncc(C(F)(F)F)cc1CN(Cc1cc(C(F)(F)F)cc(C(F)(F)F)c1)c1nnn(C)n1. The van der Waals surface area contributed by atoms with Crippen LogP contribution in [0.1, 0.15) is 78.6 Å². The maximum Gasteiger partial charge on any atom is 0.417 e. The molecular formula is C26H28F9N7. The molecule has 1 aromatic carbocycles. The Balaban J connectivity index is 1.79. The molecule has 230 valence electrons. The Labute approximate surface area is 235 Å². The quantitative estimate of drug-likeness (QED) is 0.268. The summed E-state index contributed by atoms with van der Waals surface area (Å²) in [5.74, 6) is -0.205. The first-order valence-corrected chi connectivity index (χ1v) is 13.1. The molecule has 0 bridgehead atoms. The highest BCUT2D eigenvalue weighted by Crippen LogP contribution is 2.37. The fourth-order valence-electron chi connectivity index (χ4n) is 5.02. The second-order valence-electron chi connectivity index (χ2n) is 10.2. The van der Waals surface area contributed by atoms with Gasteiger partial charge in [0.1, 0.15) is 0 Å². The first-order chi connectivity index (χ1) is 19.5. The summed E-state index contributed by atoms with van der Waals surface area (Å²) in [6.07, 6.45) is -9.95. The predicted octanol–water partition coefficient (Wildman–Crippen LogP) is 6.85. The van der Waals surface area contributed by atoms with E-state index in [1.54, 1.807) is 0 Å². The van der Waals surface area contributed by atoms with Gasteiger partial charge in [-0.05, 0) is 59.9 Å². The third-order valence-electron chi connectivity index (χ3n) is 7.02. The molecule has 1 aliphatic carbocycles. The second kappa shape index (κ2) is 12.1. The zero-order chi connectivity index (χ0) is 30.9. The van der Waals surface area contributed by atoms with E-state index in [9.17, 15) is 39.5 Å². The Hall–Kier alpha value is -3.43. The van der Waals surface area contributed by atoms with Gasteiger partial charge in [-0.3, -0.25) is 4.98 Å². The van der Waals surface area contributed by atoms with Crippen LogP contribution < -0.4 is 10.2 Å². The van der Waals surface area contributed by atoms with Crippen LogP contribution in [0.2, 0.25) is 0 Å². The van der Waals surface area contributed by atoms with Gasteiger partial charge < -0.3 is 10.2 Å². The van der Waals surface area contributed by atoms with Gasteiger partial charge >= 0.3 is 18.5 Å². The number of alkyl halides is 9. The number of nitrogens with zero attached hydrogens (tertiary/aromatic N) is 6. The van der Waals surface area contributed by atoms with Gasteiger partial charge in [0.2, 0.25) is 0 Å². The summed E-state index contributed by atoms with van der Waals surface area (Å²) in [7, 11) is 1.39. The Morgan fingerprint density at radius 2 is 1.48 bits per heavy atom. The molecular weight excluding hydrogens is 581 g/mol. The third-order valence-corrected chi connectivity index (χ3v) is 7.02. The number of benzene rings is 1. The molecule has 0 spiro atoms. The lowest BCUT2D eigenvalue weighted by atomic mass is 10.0. The van der Waals surface area contributed by atoms with Gasteiger partial charge in [0, 0.05) is 31.4 Å². The molecule has 1 saturated carbocycles. The Kier molecular flexibility index (Phi) is 9.04. The number of rotatable bonds is 9. The average molecular weight is 610 g/mol. The minimum atomic E-state index is -5.08. The first-order valence-electron chi connectivity index (χ1n) is 13.1. The standard InChI is InChI=1S/C26H28F9N7/c1-3-21(37-20-6-4-5-7-20)22-16(10-19(12-36-22)26(33,34)35)14-42(23-38-40-41(2)39-23)13-15-8-17(24(27,28)29)11-18(9-15)25(30,31)32/h8-12,20-21,37H,3-7,13-14H2,1-2H3. The number of halogens is 9. The van der Waals surface area contributed by atoms with Crippen LogP contribution in [0, 0.1) is 0 Å². The van der Waals surface area contributed by atoms with Gasteiger partial charge in [-0.25, -0.2) is 0 Å². The first kappa shape index (κ1) is 31.5. The van der Waals surface area contributed by atoms with Crippen molar-refractivity contribution in [2.75, 3.05) is 4.90 Å². The van der Waals surface area contributed by atoms with E-state index >= 15 is 0 Å². The highest BCUT2D eigenvalue weighted by atomic mass is 19.4. The second-order valence-corrected chi connectivity index (χ2v) is 10.2.